The lowest BCUT2D eigenvalue weighted by molar-refractivity contribution is 0.204. The van der Waals surface area contributed by atoms with Crippen molar-refractivity contribution in [2.24, 2.45) is 5.73 Å². The summed E-state index contributed by atoms with van der Waals surface area (Å²) in [5, 5.41) is 0. The summed E-state index contributed by atoms with van der Waals surface area (Å²) in [6, 6.07) is 16.8. The van der Waals surface area contributed by atoms with E-state index in [0.29, 0.717) is 6.54 Å². The molecule has 1 atom stereocenters. The van der Waals surface area contributed by atoms with Gasteiger partial charge in [0.1, 0.15) is 0 Å². The molecular weight excluding hydrogens is 234 g/mol. The van der Waals surface area contributed by atoms with E-state index in [2.05, 4.69) is 47.1 Å². The van der Waals surface area contributed by atoms with Crippen molar-refractivity contribution in [2.75, 3.05) is 13.1 Å². The molecule has 100 valence electrons. The SMILES string of the molecule is CC(c1ccccn1)N(CCN)Cc1ccccc1. The Labute approximate surface area is 115 Å². The molecule has 3 nitrogen and oxygen atoms in total. The normalized spacial score (nSPS) is 12.6. The summed E-state index contributed by atoms with van der Waals surface area (Å²) in [5.74, 6) is 0. The Morgan fingerprint density at radius 3 is 2.47 bits per heavy atom. The summed E-state index contributed by atoms with van der Waals surface area (Å²) in [7, 11) is 0. The van der Waals surface area contributed by atoms with Crippen LogP contribution >= 0.6 is 0 Å². The van der Waals surface area contributed by atoms with Gasteiger partial charge >= 0.3 is 0 Å². The number of rotatable bonds is 6. The zero-order valence-corrected chi connectivity index (χ0v) is 11.4. The average molecular weight is 255 g/mol. The van der Waals surface area contributed by atoms with Crippen molar-refractivity contribution in [3.05, 3.63) is 66.0 Å². The maximum absolute atomic E-state index is 5.74. The molecule has 1 heterocycles. The number of nitrogens with zero attached hydrogens (tertiary/aromatic N) is 2. The van der Waals surface area contributed by atoms with E-state index in [1.807, 2.05) is 24.4 Å². The predicted octanol–water partition coefficient (Wildman–Crippen LogP) is 2.60. The Kier molecular flexibility index (Phi) is 5.07. The quantitative estimate of drug-likeness (QED) is 0.862. The second-order valence-corrected chi connectivity index (χ2v) is 4.68. The molecule has 1 aromatic heterocycles. The Morgan fingerprint density at radius 1 is 1.11 bits per heavy atom. The van der Waals surface area contributed by atoms with E-state index >= 15 is 0 Å². The lowest BCUT2D eigenvalue weighted by Crippen LogP contribution is -2.32. The van der Waals surface area contributed by atoms with Gasteiger partial charge in [0.05, 0.1) is 5.69 Å². The minimum atomic E-state index is 0.268. The molecule has 0 saturated heterocycles. The van der Waals surface area contributed by atoms with Crippen LogP contribution < -0.4 is 5.73 Å². The van der Waals surface area contributed by atoms with Gasteiger partial charge in [-0.1, -0.05) is 36.4 Å². The zero-order chi connectivity index (χ0) is 13.5. The summed E-state index contributed by atoms with van der Waals surface area (Å²) in [6.45, 7) is 4.60. The Hall–Kier alpha value is -1.71. The minimum Gasteiger partial charge on any atom is -0.329 e. The van der Waals surface area contributed by atoms with Gasteiger partial charge in [-0.15, -0.1) is 0 Å². The molecule has 0 aliphatic carbocycles. The smallest absolute Gasteiger partial charge is 0.0572 e. The molecule has 0 fully saturated rings. The monoisotopic (exact) mass is 255 g/mol. The van der Waals surface area contributed by atoms with Crippen molar-refractivity contribution < 1.29 is 0 Å². The second-order valence-electron chi connectivity index (χ2n) is 4.68. The molecule has 0 spiro atoms. The van der Waals surface area contributed by atoms with Crippen LogP contribution in [-0.4, -0.2) is 23.0 Å². The van der Waals surface area contributed by atoms with Crippen LogP contribution in [0.5, 0.6) is 0 Å². The summed E-state index contributed by atoms with van der Waals surface area (Å²) in [5.41, 5.74) is 8.13. The molecule has 2 rings (SSSR count). The van der Waals surface area contributed by atoms with Crippen LogP contribution in [0.4, 0.5) is 0 Å². The summed E-state index contributed by atoms with van der Waals surface area (Å²) < 4.78 is 0. The van der Waals surface area contributed by atoms with Gasteiger partial charge in [-0.3, -0.25) is 9.88 Å². The van der Waals surface area contributed by atoms with E-state index in [0.717, 1.165) is 18.8 Å². The first-order valence-electron chi connectivity index (χ1n) is 6.70. The van der Waals surface area contributed by atoms with Gasteiger partial charge in [0.25, 0.3) is 0 Å². The number of aromatic nitrogens is 1. The van der Waals surface area contributed by atoms with Crippen molar-refractivity contribution in [1.82, 2.24) is 9.88 Å². The van der Waals surface area contributed by atoms with Crippen molar-refractivity contribution in [3.8, 4) is 0 Å². The van der Waals surface area contributed by atoms with Crippen LogP contribution in [0, 0.1) is 0 Å². The average Bonchev–Trinajstić information content (AvgIpc) is 2.48. The highest BCUT2D eigenvalue weighted by Crippen LogP contribution is 2.19. The zero-order valence-electron chi connectivity index (χ0n) is 11.4. The molecule has 2 N–H and O–H groups in total. The lowest BCUT2D eigenvalue weighted by Gasteiger charge is -2.28. The Balaban J connectivity index is 2.11. The fourth-order valence-corrected chi connectivity index (χ4v) is 2.20. The fourth-order valence-electron chi connectivity index (χ4n) is 2.20. The number of hydrogen-bond donors (Lipinski definition) is 1. The molecule has 0 radical (unpaired) electrons. The topological polar surface area (TPSA) is 42.2 Å². The standard InChI is InChI=1S/C16H21N3/c1-14(16-9-5-6-11-18-16)19(12-10-17)13-15-7-3-2-4-8-15/h2-9,11,14H,10,12-13,17H2,1H3. The van der Waals surface area contributed by atoms with Crippen LogP contribution in [0.2, 0.25) is 0 Å². The predicted molar refractivity (Wildman–Crippen MR) is 78.6 cm³/mol. The van der Waals surface area contributed by atoms with Crippen LogP contribution in [0.15, 0.2) is 54.7 Å². The van der Waals surface area contributed by atoms with E-state index in [9.17, 15) is 0 Å². The van der Waals surface area contributed by atoms with Crippen LogP contribution in [0.3, 0.4) is 0 Å². The first kappa shape index (κ1) is 13.7. The van der Waals surface area contributed by atoms with Gasteiger partial charge in [0, 0.05) is 31.9 Å². The van der Waals surface area contributed by atoms with Crippen molar-refractivity contribution in [1.29, 1.82) is 0 Å². The molecule has 0 saturated carbocycles. The molecule has 0 amide bonds. The third kappa shape index (κ3) is 3.88. The largest absolute Gasteiger partial charge is 0.329 e. The van der Waals surface area contributed by atoms with Crippen molar-refractivity contribution >= 4 is 0 Å². The maximum atomic E-state index is 5.74. The summed E-state index contributed by atoms with van der Waals surface area (Å²) in [4.78, 5) is 6.80. The lowest BCUT2D eigenvalue weighted by atomic mass is 10.1. The second kappa shape index (κ2) is 7.02. The molecule has 0 bridgehead atoms. The number of hydrogen-bond acceptors (Lipinski definition) is 3. The van der Waals surface area contributed by atoms with Crippen LogP contribution in [-0.2, 0) is 6.54 Å². The molecule has 1 aromatic carbocycles. The van der Waals surface area contributed by atoms with Crippen LogP contribution in [0.1, 0.15) is 24.2 Å². The van der Waals surface area contributed by atoms with Gasteiger partial charge in [-0.2, -0.15) is 0 Å². The molecule has 19 heavy (non-hydrogen) atoms. The first-order valence-corrected chi connectivity index (χ1v) is 6.70. The minimum absolute atomic E-state index is 0.268. The molecule has 0 aliphatic heterocycles. The molecular formula is C16H21N3. The van der Waals surface area contributed by atoms with E-state index in [-0.39, 0.29) is 6.04 Å². The highest BCUT2D eigenvalue weighted by Gasteiger charge is 2.16. The highest BCUT2D eigenvalue weighted by atomic mass is 15.2. The number of benzene rings is 1. The third-order valence-electron chi connectivity index (χ3n) is 3.31. The van der Waals surface area contributed by atoms with E-state index in [1.165, 1.54) is 5.56 Å². The Bertz CT molecular complexity index is 470. The maximum Gasteiger partial charge on any atom is 0.0572 e. The van der Waals surface area contributed by atoms with E-state index in [4.69, 9.17) is 5.73 Å². The summed E-state index contributed by atoms with van der Waals surface area (Å²) in [6.07, 6.45) is 1.84. The van der Waals surface area contributed by atoms with Crippen molar-refractivity contribution in [2.45, 2.75) is 19.5 Å². The highest BCUT2D eigenvalue weighted by molar-refractivity contribution is 5.15. The number of nitrogens with two attached hydrogens (primary N) is 1. The van der Waals surface area contributed by atoms with Gasteiger partial charge in [-0.25, -0.2) is 0 Å². The van der Waals surface area contributed by atoms with E-state index < -0.39 is 0 Å². The third-order valence-corrected chi connectivity index (χ3v) is 3.31. The Morgan fingerprint density at radius 2 is 1.84 bits per heavy atom. The molecule has 1 unspecified atom stereocenters. The first-order chi connectivity index (χ1) is 9.31. The molecule has 3 heteroatoms. The fraction of sp³-hybridized carbons (Fsp3) is 0.312. The van der Waals surface area contributed by atoms with Gasteiger partial charge in [0.15, 0.2) is 0 Å². The number of pyridine rings is 1. The van der Waals surface area contributed by atoms with Crippen molar-refractivity contribution in [3.63, 3.8) is 0 Å². The van der Waals surface area contributed by atoms with Gasteiger partial charge in [0.2, 0.25) is 0 Å². The molecule has 0 aliphatic rings. The molecule has 2 aromatic rings. The van der Waals surface area contributed by atoms with E-state index in [1.54, 1.807) is 0 Å². The van der Waals surface area contributed by atoms with Gasteiger partial charge in [-0.05, 0) is 24.6 Å². The van der Waals surface area contributed by atoms with Gasteiger partial charge < -0.3 is 5.73 Å². The van der Waals surface area contributed by atoms with Crippen LogP contribution in [0.25, 0.3) is 0 Å². The summed E-state index contributed by atoms with van der Waals surface area (Å²) >= 11 is 0.